The first-order valence-electron chi connectivity index (χ1n) is 9.56. The number of hydrogen-bond acceptors (Lipinski definition) is 3. The van der Waals surface area contributed by atoms with Crippen molar-refractivity contribution < 1.29 is 14.3 Å². The van der Waals surface area contributed by atoms with Crippen molar-refractivity contribution in [1.82, 2.24) is 5.32 Å². The molecular formula is C21H31NO3. The van der Waals surface area contributed by atoms with E-state index in [2.05, 4.69) is 11.4 Å². The van der Waals surface area contributed by atoms with Crippen LogP contribution in [0.2, 0.25) is 0 Å². The summed E-state index contributed by atoms with van der Waals surface area (Å²) in [6.07, 6.45) is 9.53. The number of allylic oxidation sites excluding steroid dienone is 1. The summed E-state index contributed by atoms with van der Waals surface area (Å²) in [4.78, 5) is 12.1. The van der Waals surface area contributed by atoms with Gasteiger partial charge in [0.05, 0.1) is 13.2 Å². The van der Waals surface area contributed by atoms with Crippen molar-refractivity contribution in [3.8, 4) is 11.5 Å². The van der Waals surface area contributed by atoms with E-state index in [0.717, 1.165) is 30.0 Å². The molecule has 0 unspecified atom stereocenters. The maximum atomic E-state index is 12.1. The van der Waals surface area contributed by atoms with Gasteiger partial charge in [0.1, 0.15) is 0 Å². The minimum absolute atomic E-state index is 0.114. The molecule has 0 saturated carbocycles. The molecular weight excluding hydrogens is 314 g/mol. The third kappa shape index (κ3) is 6.81. The molecule has 0 aromatic heterocycles. The number of aryl methyl sites for hydroxylation is 1. The Morgan fingerprint density at radius 1 is 1.08 bits per heavy atom. The Bertz CT molecular complexity index is 581. The number of ether oxygens (including phenoxy) is 2. The lowest BCUT2D eigenvalue weighted by molar-refractivity contribution is -0.121. The molecule has 4 nitrogen and oxygen atoms in total. The minimum atomic E-state index is 0.114. The number of benzene rings is 1. The molecule has 2 rings (SSSR count). The van der Waals surface area contributed by atoms with Crippen LogP contribution in [0.25, 0.3) is 0 Å². The van der Waals surface area contributed by atoms with Crippen LogP contribution in [0.15, 0.2) is 29.8 Å². The van der Waals surface area contributed by atoms with Crippen LogP contribution in [0.5, 0.6) is 11.5 Å². The number of nitrogens with one attached hydrogen (secondary N) is 1. The van der Waals surface area contributed by atoms with Crippen molar-refractivity contribution in [2.24, 2.45) is 0 Å². The second-order valence-electron chi connectivity index (χ2n) is 6.36. The highest BCUT2D eigenvalue weighted by atomic mass is 16.5. The summed E-state index contributed by atoms with van der Waals surface area (Å²) in [6.45, 7) is 5.87. The summed E-state index contributed by atoms with van der Waals surface area (Å²) in [6, 6.07) is 5.92. The van der Waals surface area contributed by atoms with Crippen molar-refractivity contribution in [1.29, 1.82) is 0 Å². The number of rotatable bonds is 10. The van der Waals surface area contributed by atoms with Crippen LogP contribution in [-0.4, -0.2) is 25.7 Å². The average molecular weight is 345 g/mol. The van der Waals surface area contributed by atoms with Crippen molar-refractivity contribution in [3.05, 3.63) is 35.4 Å². The summed E-state index contributed by atoms with van der Waals surface area (Å²) < 4.78 is 11.2. The second kappa shape index (κ2) is 10.8. The van der Waals surface area contributed by atoms with Crippen molar-refractivity contribution in [2.75, 3.05) is 19.8 Å². The van der Waals surface area contributed by atoms with E-state index in [-0.39, 0.29) is 5.91 Å². The van der Waals surface area contributed by atoms with Gasteiger partial charge in [-0.1, -0.05) is 17.7 Å². The first-order chi connectivity index (χ1) is 12.2. The smallest absolute Gasteiger partial charge is 0.220 e. The number of carbonyl (C=O) groups is 1. The van der Waals surface area contributed by atoms with Gasteiger partial charge in [0.2, 0.25) is 5.91 Å². The SMILES string of the molecule is CCOc1ccc(CCC(=O)NCCC2=CCCCC2)cc1OCC. The number of amides is 1. The third-order valence-electron chi connectivity index (χ3n) is 4.40. The zero-order chi connectivity index (χ0) is 17.9. The maximum Gasteiger partial charge on any atom is 0.220 e. The van der Waals surface area contributed by atoms with Gasteiger partial charge in [-0.15, -0.1) is 0 Å². The molecule has 1 amide bonds. The molecule has 1 aromatic carbocycles. The first kappa shape index (κ1) is 19.4. The van der Waals surface area contributed by atoms with Crippen LogP contribution in [0.1, 0.15) is 57.9 Å². The van der Waals surface area contributed by atoms with Gasteiger partial charge in [-0.3, -0.25) is 4.79 Å². The van der Waals surface area contributed by atoms with Gasteiger partial charge in [0.15, 0.2) is 11.5 Å². The lowest BCUT2D eigenvalue weighted by Gasteiger charge is -2.13. The van der Waals surface area contributed by atoms with Crippen LogP contribution in [0, 0.1) is 0 Å². The van der Waals surface area contributed by atoms with E-state index in [4.69, 9.17) is 9.47 Å². The van der Waals surface area contributed by atoms with Gasteiger partial charge in [-0.05, 0) is 70.1 Å². The first-order valence-corrected chi connectivity index (χ1v) is 9.56. The van der Waals surface area contributed by atoms with Crippen LogP contribution in [0.4, 0.5) is 0 Å². The van der Waals surface area contributed by atoms with Gasteiger partial charge in [-0.25, -0.2) is 0 Å². The van der Waals surface area contributed by atoms with Crippen LogP contribution in [0.3, 0.4) is 0 Å². The molecule has 0 saturated heterocycles. The molecule has 1 aromatic rings. The molecule has 1 N–H and O–H groups in total. The summed E-state index contributed by atoms with van der Waals surface area (Å²) in [5.74, 6) is 1.63. The fourth-order valence-corrected chi connectivity index (χ4v) is 3.09. The fourth-order valence-electron chi connectivity index (χ4n) is 3.09. The fraction of sp³-hybridized carbons (Fsp3) is 0.571. The van der Waals surface area contributed by atoms with Gasteiger partial charge in [-0.2, -0.15) is 0 Å². The van der Waals surface area contributed by atoms with Crippen LogP contribution in [-0.2, 0) is 11.2 Å². The Morgan fingerprint density at radius 3 is 2.60 bits per heavy atom. The molecule has 0 radical (unpaired) electrons. The number of carbonyl (C=O) groups excluding carboxylic acids is 1. The van der Waals surface area contributed by atoms with Gasteiger partial charge < -0.3 is 14.8 Å². The molecule has 1 aliphatic carbocycles. The van der Waals surface area contributed by atoms with Crippen molar-refractivity contribution >= 4 is 5.91 Å². The van der Waals surface area contributed by atoms with Crippen molar-refractivity contribution in [2.45, 2.75) is 58.8 Å². The standard InChI is InChI=1S/C21H31NO3/c1-3-24-19-12-10-18(16-20(19)25-4-2)11-13-21(23)22-15-14-17-8-6-5-7-9-17/h8,10,12,16H,3-7,9,11,13-15H2,1-2H3,(H,22,23). The van der Waals surface area contributed by atoms with E-state index in [9.17, 15) is 4.79 Å². The minimum Gasteiger partial charge on any atom is -0.490 e. The summed E-state index contributed by atoms with van der Waals surface area (Å²) in [5, 5.41) is 3.04. The topological polar surface area (TPSA) is 47.6 Å². The molecule has 0 bridgehead atoms. The van der Waals surface area contributed by atoms with E-state index in [1.54, 1.807) is 0 Å². The molecule has 25 heavy (non-hydrogen) atoms. The Labute approximate surface area is 151 Å². The molecule has 138 valence electrons. The third-order valence-corrected chi connectivity index (χ3v) is 4.40. The average Bonchev–Trinajstić information content (AvgIpc) is 2.63. The molecule has 1 aliphatic rings. The maximum absolute atomic E-state index is 12.1. The lowest BCUT2D eigenvalue weighted by atomic mass is 9.97. The van der Waals surface area contributed by atoms with Crippen molar-refractivity contribution in [3.63, 3.8) is 0 Å². The second-order valence-corrected chi connectivity index (χ2v) is 6.36. The quantitative estimate of drug-likeness (QED) is 0.638. The molecule has 4 heteroatoms. The predicted molar refractivity (Wildman–Crippen MR) is 101 cm³/mol. The molecule has 0 fully saturated rings. The van der Waals surface area contributed by atoms with E-state index in [0.29, 0.717) is 26.1 Å². The predicted octanol–water partition coefficient (Wildman–Crippen LogP) is 4.42. The van der Waals surface area contributed by atoms with E-state index >= 15 is 0 Å². The zero-order valence-electron chi connectivity index (χ0n) is 15.6. The molecule has 0 spiro atoms. The number of hydrogen-bond donors (Lipinski definition) is 1. The Morgan fingerprint density at radius 2 is 1.88 bits per heavy atom. The van der Waals surface area contributed by atoms with Gasteiger partial charge >= 0.3 is 0 Å². The summed E-state index contributed by atoms with van der Waals surface area (Å²) >= 11 is 0. The van der Waals surface area contributed by atoms with Crippen LogP contribution < -0.4 is 14.8 Å². The summed E-state index contributed by atoms with van der Waals surface area (Å²) in [5.41, 5.74) is 2.59. The lowest BCUT2D eigenvalue weighted by Crippen LogP contribution is -2.25. The highest BCUT2D eigenvalue weighted by molar-refractivity contribution is 5.76. The van der Waals surface area contributed by atoms with Crippen LogP contribution >= 0.6 is 0 Å². The van der Waals surface area contributed by atoms with Gasteiger partial charge in [0.25, 0.3) is 0 Å². The zero-order valence-corrected chi connectivity index (χ0v) is 15.6. The highest BCUT2D eigenvalue weighted by Gasteiger charge is 2.09. The molecule has 0 heterocycles. The Hall–Kier alpha value is -1.97. The molecule has 0 aliphatic heterocycles. The Kier molecular flexibility index (Phi) is 8.36. The monoisotopic (exact) mass is 345 g/mol. The van der Waals surface area contributed by atoms with E-state index < -0.39 is 0 Å². The van der Waals surface area contributed by atoms with Gasteiger partial charge in [0, 0.05) is 13.0 Å². The van der Waals surface area contributed by atoms with E-state index in [1.807, 2.05) is 32.0 Å². The Balaban J connectivity index is 1.76. The normalized spacial score (nSPS) is 13.9. The van der Waals surface area contributed by atoms with E-state index in [1.165, 1.54) is 31.3 Å². The highest BCUT2D eigenvalue weighted by Crippen LogP contribution is 2.29. The summed E-state index contributed by atoms with van der Waals surface area (Å²) in [7, 11) is 0. The molecule has 0 atom stereocenters. The largest absolute Gasteiger partial charge is 0.490 e.